The van der Waals surface area contributed by atoms with Gasteiger partial charge in [-0.2, -0.15) is 0 Å². The molecule has 0 spiro atoms. The summed E-state index contributed by atoms with van der Waals surface area (Å²) < 4.78 is 11.2. The van der Waals surface area contributed by atoms with Crippen molar-refractivity contribution in [1.82, 2.24) is 0 Å². The molecular formula is C20H25NO3. The highest BCUT2D eigenvalue weighted by Gasteiger charge is 2.06. The van der Waals surface area contributed by atoms with Crippen LogP contribution in [0.5, 0.6) is 11.5 Å². The number of rotatable bonds is 8. The van der Waals surface area contributed by atoms with Gasteiger partial charge in [0.15, 0.2) is 6.61 Å². The lowest BCUT2D eigenvalue weighted by molar-refractivity contribution is -0.118. The lowest BCUT2D eigenvalue weighted by Crippen LogP contribution is -2.20. The lowest BCUT2D eigenvalue weighted by atomic mass is 10.1. The number of nitrogens with one attached hydrogen (secondary N) is 1. The zero-order valence-electron chi connectivity index (χ0n) is 14.6. The Morgan fingerprint density at radius 3 is 2.50 bits per heavy atom. The molecule has 0 aliphatic rings. The fraction of sp³-hybridized carbons (Fsp3) is 0.350. The summed E-state index contributed by atoms with van der Waals surface area (Å²) in [5, 5.41) is 2.82. The minimum atomic E-state index is -0.185. The maximum Gasteiger partial charge on any atom is 0.262 e. The van der Waals surface area contributed by atoms with Gasteiger partial charge in [0.2, 0.25) is 0 Å². The van der Waals surface area contributed by atoms with Gasteiger partial charge in [-0.3, -0.25) is 4.79 Å². The predicted octanol–water partition coefficient (Wildman–Crippen LogP) is 4.50. The first-order valence-electron chi connectivity index (χ1n) is 8.31. The normalized spacial score (nSPS) is 10.3. The number of unbranched alkanes of at least 4 members (excludes halogenated alkanes) is 1. The van der Waals surface area contributed by atoms with Crippen molar-refractivity contribution in [3.05, 3.63) is 53.6 Å². The maximum absolute atomic E-state index is 12.0. The summed E-state index contributed by atoms with van der Waals surface area (Å²) in [4.78, 5) is 12.0. The van der Waals surface area contributed by atoms with Gasteiger partial charge in [0.1, 0.15) is 11.5 Å². The molecule has 4 heteroatoms. The van der Waals surface area contributed by atoms with E-state index in [9.17, 15) is 4.79 Å². The fourth-order valence-electron chi connectivity index (χ4n) is 2.17. The molecule has 2 aromatic rings. The van der Waals surface area contributed by atoms with E-state index in [4.69, 9.17) is 9.47 Å². The van der Waals surface area contributed by atoms with Crippen LogP contribution in [0.3, 0.4) is 0 Å². The Balaban J connectivity index is 1.82. The van der Waals surface area contributed by atoms with Crippen LogP contribution < -0.4 is 14.8 Å². The Hall–Kier alpha value is -2.49. The summed E-state index contributed by atoms with van der Waals surface area (Å²) in [6, 6.07) is 13.3. The predicted molar refractivity (Wildman–Crippen MR) is 96.9 cm³/mol. The molecule has 1 N–H and O–H groups in total. The van der Waals surface area contributed by atoms with Crippen LogP contribution in [-0.2, 0) is 4.79 Å². The number of ether oxygens (including phenoxy) is 2. The van der Waals surface area contributed by atoms with Crippen LogP contribution in [0, 0.1) is 13.8 Å². The summed E-state index contributed by atoms with van der Waals surface area (Å²) in [6.07, 6.45) is 2.14. The van der Waals surface area contributed by atoms with Crippen LogP contribution in [0.4, 0.5) is 5.69 Å². The zero-order valence-corrected chi connectivity index (χ0v) is 14.6. The average molecular weight is 327 g/mol. The van der Waals surface area contributed by atoms with Crippen molar-refractivity contribution in [3.63, 3.8) is 0 Å². The molecule has 0 heterocycles. The van der Waals surface area contributed by atoms with E-state index in [1.165, 1.54) is 0 Å². The van der Waals surface area contributed by atoms with Crippen molar-refractivity contribution in [1.29, 1.82) is 0 Å². The van der Waals surface area contributed by atoms with Crippen molar-refractivity contribution in [2.24, 2.45) is 0 Å². The summed E-state index contributed by atoms with van der Waals surface area (Å²) in [5.41, 5.74) is 2.85. The molecule has 4 nitrogen and oxygen atoms in total. The first kappa shape index (κ1) is 17.9. The minimum Gasteiger partial charge on any atom is -0.494 e. The van der Waals surface area contributed by atoms with E-state index in [2.05, 4.69) is 12.2 Å². The number of anilines is 1. The Kier molecular flexibility index (Phi) is 6.67. The topological polar surface area (TPSA) is 47.6 Å². The van der Waals surface area contributed by atoms with E-state index in [0.717, 1.165) is 41.2 Å². The number of hydrogen-bond acceptors (Lipinski definition) is 3. The number of carbonyl (C=O) groups is 1. The first-order valence-corrected chi connectivity index (χ1v) is 8.31. The van der Waals surface area contributed by atoms with Crippen LogP contribution in [-0.4, -0.2) is 19.1 Å². The Morgan fingerprint density at radius 2 is 1.79 bits per heavy atom. The monoisotopic (exact) mass is 327 g/mol. The second-order valence-electron chi connectivity index (χ2n) is 5.83. The fourth-order valence-corrected chi connectivity index (χ4v) is 2.17. The third-order valence-corrected chi connectivity index (χ3v) is 3.61. The van der Waals surface area contributed by atoms with Gasteiger partial charge in [0.05, 0.1) is 6.61 Å². The number of aryl methyl sites for hydroxylation is 2. The third kappa shape index (κ3) is 5.61. The first-order chi connectivity index (χ1) is 11.6. The average Bonchev–Trinajstić information content (AvgIpc) is 2.57. The van der Waals surface area contributed by atoms with Crippen LogP contribution in [0.15, 0.2) is 42.5 Å². The molecule has 2 rings (SSSR count). The Labute approximate surface area is 143 Å². The second kappa shape index (κ2) is 8.96. The molecule has 0 aliphatic carbocycles. The minimum absolute atomic E-state index is 0.0148. The van der Waals surface area contributed by atoms with E-state index in [0.29, 0.717) is 6.61 Å². The molecule has 2 aromatic carbocycles. The van der Waals surface area contributed by atoms with E-state index < -0.39 is 0 Å². The summed E-state index contributed by atoms with van der Waals surface area (Å²) in [6.45, 7) is 6.79. The van der Waals surface area contributed by atoms with Crippen molar-refractivity contribution in [2.45, 2.75) is 33.6 Å². The number of carbonyl (C=O) groups excluding carboxylic acids is 1. The summed E-state index contributed by atoms with van der Waals surface area (Å²) >= 11 is 0. The highest BCUT2D eigenvalue weighted by Crippen LogP contribution is 2.19. The second-order valence-corrected chi connectivity index (χ2v) is 5.83. The van der Waals surface area contributed by atoms with Crippen molar-refractivity contribution >= 4 is 11.6 Å². The highest BCUT2D eigenvalue weighted by atomic mass is 16.5. The lowest BCUT2D eigenvalue weighted by Gasteiger charge is -2.11. The van der Waals surface area contributed by atoms with Crippen LogP contribution >= 0.6 is 0 Å². The van der Waals surface area contributed by atoms with E-state index in [1.54, 1.807) is 0 Å². The van der Waals surface area contributed by atoms with Crippen molar-refractivity contribution in [2.75, 3.05) is 18.5 Å². The van der Waals surface area contributed by atoms with Gasteiger partial charge in [-0.05, 0) is 61.7 Å². The molecule has 1 amide bonds. The SMILES string of the molecule is CCCCOc1ccc(NC(=O)COc2cc(C)ccc2C)cc1. The van der Waals surface area contributed by atoms with Crippen LogP contribution in [0.2, 0.25) is 0 Å². The standard InChI is InChI=1S/C20H25NO3/c1-4-5-12-23-18-10-8-17(9-11-18)21-20(22)14-24-19-13-15(2)6-7-16(19)3/h6-11,13H,4-5,12,14H2,1-3H3,(H,21,22). The van der Waals surface area contributed by atoms with Gasteiger partial charge in [-0.15, -0.1) is 0 Å². The number of hydrogen-bond donors (Lipinski definition) is 1. The molecule has 0 bridgehead atoms. The van der Waals surface area contributed by atoms with Gasteiger partial charge < -0.3 is 14.8 Å². The van der Waals surface area contributed by atoms with Gasteiger partial charge in [0, 0.05) is 5.69 Å². The molecule has 0 saturated heterocycles. The molecule has 0 radical (unpaired) electrons. The smallest absolute Gasteiger partial charge is 0.262 e. The molecule has 0 fully saturated rings. The Bertz CT molecular complexity index is 665. The van der Waals surface area contributed by atoms with Gasteiger partial charge >= 0.3 is 0 Å². The molecule has 0 saturated carbocycles. The molecule has 0 atom stereocenters. The molecule has 128 valence electrons. The summed E-state index contributed by atoms with van der Waals surface area (Å²) in [5.74, 6) is 1.37. The van der Waals surface area contributed by atoms with Crippen LogP contribution in [0.25, 0.3) is 0 Å². The van der Waals surface area contributed by atoms with E-state index in [-0.39, 0.29) is 12.5 Å². The van der Waals surface area contributed by atoms with Gasteiger partial charge in [0.25, 0.3) is 5.91 Å². The largest absolute Gasteiger partial charge is 0.494 e. The molecular weight excluding hydrogens is 302 g/mol. The summed E-state index contributed by atoms with van der Waals surface area (Å²) in [7, 11) is 0. The zero-order chi connectivity index (χ0) is 17.4. The van der Waals surface area contributed by atoms with Crippen molar-refractivity contribution < 1.29 is 14.3 Å². The van der Waals surface area contributed by atoms with Gasteiger partial charge in [-0.1, -0.05) is 25.5 Å². The number of amides is 1. The van der Waals surface area contributed by atoms with E-state index >= 15 is 0 Å². The van der Waals surface area contributed by atoms with Gasteiger partial charge in [-0.25, -0.2) is 0 Å². The highest BCUT2D eigenvalue weighted by molar-refractivity contribution is 5.91. The Morgan fingerprint density at radius 1 is 1.04 bits per heavy atom. The maximum atomic E-state index is 12.0. The molecule has 24 heavy (non-hydrogen) atoms. The number of benzene rings is 2. The molecule has 0 aliphatic heterocycles. The van der Waals surface area contributed by atoms with Crippen LogP contribution in [0.1, 0.15) is 30.9 Å². The van der Waals surface area contributed by atoms with Crippen molar-refractivity contribution in [3.8, 4) is 11.5 Å². The van der Waals surface area contributed by atoms with E-state index in [1.807, 2.05) is 56.3 Å². The molecule has 0 unspecified atom stereocenters. The molecule has 0 aromatic heterocycles. The quantitative estimate of drug-likeness (QED) is 0.726. The third-order valence-electron chi connectivity index (χ3n) is 3.61.